The Balaban J connectivity index is 1.97. The van der Waals surface area contributed by atoms with E-state index in [4.69, 9.17) is 11.2 Å². The average molecular weight is 243 g/mol. The van der Waals surface area contributed by atoms with Gasteiger partial charge in [0.05, 0.1) is 6.61 Å². The van der Waals surface area contributed by atoms with Gasteiger partial charge in [-0.1, -0.05) is 25.1 Å². The average Bonchev–Trinajstić information content (AvgIpc) is 2.43. The van der Waals surface area contributed by atoms with Crippen molar-refractivity contribution in [3.63, 3.8) is 0 Å². The Labute approximate surface area is 110 Å². The van der Waals surface area contributed by atoms with E-state index in [1.165, 1.54) is 5.56 Å². The Morgan fingerprint density at radius 1 is 1.50 bits per heavy atom. The van der Waals surface area contributed by atoms with Gasteiger partial charge in [-0.05, 0) is 24.5 Å². The van der Waals surface area contributed by atoms with Gasteiger partial charge < -0.3 is 10.1 Å². The van der Waals surface area contributed by atoms with Gasteiger partial charge in [0.25, 0.3) is 0 Å². The fourth-order valence-corrected chi connectivity index (χ4v) is 2.44. The van der Waals surface area contributed by atoms with Crippen LogP contribution in [0.3, 0.4) is 0 Å². The van der Waals surface area contributed by atoms with Gasteiger partial charge in [-0.3, -0.25) is 0 Å². The highest BCUT2D eigenvalue weighted by molar-refractivity contribution is 5.37. The predicted molar refractivity (Wildman–Crippen MR) is 74.8 cm³/mol. The molecule has 1 aliphatic rings. The molecular formula is C16H21NO. The lowest BCUT2D eigenvalue weighted by atomic mass is 9.92. The monoisotopic (exact) mass is 243 g/mol. The fourth-order valence-electron chi connectivity index (χ4n) is 2.44. The van der Waals surface area contributed by atoms with Crippen LogP contribution in [0.2, 0.25) is 0 Å². The van der Waals surface area contributed by atoms with Crippen LogP contribution in [-0.4, -0.2) is 19.2 Å². The van der Waals surface area contributed by atoms with Crippen molar-refractivity contribution in [2.75, 3.05) is 13.2 Å². The van der Waals surface area contributed by atoms with Crippen LogP contribution in [0.1, 0.15) is 37.7 Å². The molecule has 0 spiro atoms. The molecular weight excluding hydrogens is 222 g/mol. The van der Waals surface area contributed by atoms with Gasteiger partial charge in [0.2, 0.25) is 0 Å². The zero-order valence-electron chi connectivity index (χ0n) is 11.0. The summed E-state index contributed by atoms with van der Waals surface area (Å²) < 4.78 is 5.67. The lowest BCUT2D eigenvalue weighted by Crippen LogP contribution is -2.33. The summed E-state index contributed by atoms with van der Waals surface area (Å²) in [6, 6.07) is 8.77. The van der Waals surface area contributed by atoms with Crippen molar-refractivity contribution in [3.8, 4) is 18.1 Å². The Kier molecular flexibility index (Phi) is 4.66. The molecule has 2 nitrogen and oxygen atoms in total. The molecule has 0 radical (unpaired) electrons. The lowest BCUT2D eigenvalue weighted by molar-refractivity contribution is 0.262. The SMILES string of the molecule is C#CCC(CC)NCC1CCOc2ccccc21. The van der Waals surface area contributed by atoms with E-state index >= 15 is 0 Å². The number of hydrogen-bond acceptors (Lipinski definition) is 2. The van der Waals surface area contributed by atoms with Crippen LogP contribution in [0.5, 0.6) is 5.75 Å². The number of para-hydroxylation sites is 1. The van der Waals surface area contributed by atoms with Crippen LogP contribution in [0.4, 0.5) is 0 Å². The first-order chi connectivity index (χ1) is 8.85. The van der Waals surface area contributed by atoms with E-state index in [2.05, 4.69) is 36.4 Å². The number of nitrogens with one attached hydrogen (secondary N) is 1. The zero-order chi connectivity index (χ0) is 12.8. The summed E-state index contributed by atoms with van der Waals surface area (Å²) in [6.45, 7) is 3.97. The molecule has 96 valence electrons. The van der Waals surface area contributed by atoms with E-state index in [1.54, 1.807) is 0 Å². The van der Waals surface area contributed by atoms with Crippen molar-refractivity contribution in [2.45, 2.75) is 38.1 Å². The molecule has 2 rings (SSSR count). The molecule has 18 heavy (non-hydrogen) atoms. The molecule has 0 aromatic heterocycles. The molecule has 0 aliphatic carbocycles. The molecule has 2 atom stereocenters. The van der Waals surface area contributed by atoms with Crippen molar-refractivity contribution in [2.24, 2.45) is 0 Å². The largest absolute Gasteiger partial charge is 0.493 e. The predicted octanol–water partition coefficient (Wildman–Crippen LogP) is 2.94. The third-order valence-electron chi connectivity index (χ3n) is 3.59. The summed E-state index contributed by atoms with van der Waals surface area (Å²) in [6.07, 6.45) is 8.35. The second-order valence-corrected chi connectivity index (χ2v) is 4.79. The molecule has 1 aliphatic heterocycles. The lowest BCUT2D eigenvalue weighted by Gasteiger charge is -2.27. The van der Waals surface area contributed by atoms with Crippen molar-refractivity contribution in [3.05, 3.63) is 29.8 Å². The van der Waals surface area contributed by atoms with Gasteiger partial charge in [0.1, 0.15) is 5.75 Å². The van der Waals surface area contributed by atoms with Gasteiger partial charge in [0.15, 0.2) is 0 Å². The zero-order valence-corrected chi connectivity index (χ0v) is 11.0. The molecule has 0 saturated heterocycles. The first kappa shape index (κ1) is 13.0. The van der Waals surface area contributed by atoms with E-state index < -0.39 is 0 Å². The van der Waals surface area contributed by atoms with E-state index in [0.29, 0.717) is 12.0 Å². The molecule has 0 amide bonds. The Bertz CT molecular complexity index is 421. The Hall–Kier alpha value is -1.46. The molecule has 0 saturated carbocycles. The van der Waals surface area contributed by atoms with E-state index in [-0.39, 0.29) is 0 Å². The van der Waals surface area contributed by atoms with E-state index in [9.17, 15) is 0 Å². The number of benzene rings is 1. The van der Waals surface area contributed by atoms with Gasteiger partial charge in [-0.2, -0.15) is 0 Å². The van der Waals surface area contributed by atoms with Crippen molar-refractivity contribution >= 4 is 0 Å². The number of terminal acetylenes is 1. The topological polar surface area (TPSA) is 21.3 Å². The number of ether oxygens (including phenoxy) is 1. The second kappa shape index (κ2) is 6.47. The molecule has 2 unspecified atom stereocenters. The second-order valence-electron chi connectivity index (χ2n) is 4.79. The summed E-state index contributed by atoms with van der Waals surface area (Å²) in [4.78, 5) is 0. The van der Waals surface area contributed by atoms with E-state index in [0.717, 1.165) is 38.2 Å². The van der Waals surface area contributed by atoms with Gasteiger partial charge in [0, 0.05) is 24.9 Å². The van der Waals surface area contributed by atoms with Crippen LogP contribution in [-0.2, 0) is 0 Å². The minimum absolute atomic E-state index is 0.435. The molecule has 1 aromatic rings. The van der Waals surface area contributed by atoms with Crippen LogP contribution in [0.25, 0.3) is 0 Å². The maximum absolute atomic E-state index is 5.67. The number of fused-ring (bicyclic) bond motifs is 1. The highest BCUT2D eigenvalue weighted by Crippen LogP contribution is 2.32. The van der Waals surface area contributed by atoms with Crippen LogP contribution >= 0.6 is 0 Å². The highest BCUT2D eigenvalue weighted by atomic mass is 16.5. The highest BCUT2D eigenvalue weighted by Gasteiger charge is 2.21. The summed E-state index contributed by atoms with van der Waals surface area (Å²) in [5.41, 5.74) is 1.33. The molecule has 1 heterocycles. The molecule has 0 bridgehead atoms. The molecule has 1 N–H and O–H groups in total. The maximum atomic E-state index is 5.67. The van der Waals surface area contributed by atoms with Gasteiger partial charge in [-0.15, -0.1) is 12.3 Å². The third-order valence-corrected chi connectivity index (χ3v) is 3.59. The first-order valence-corrected chi connectivity index (χ1v) is 6.73. The Morgan fingerprint density at radius 3 is 3.11 bits per heavy atom. The van der Waals surface area contributed by atoms with Crippen molar-refractivity contribution in [1.29, 1.82) is 0 Å². The Morgan fingerprint density at radius 2 is 2.33 bits per heavy atom. The molecule has 1 aromatic carbocycles. The smallest absolute Gasteiger partial charge is 0.122 e. The standard InChI is InChI=1S/C16H21NO/c1-3-7-14(4-2)17-12-13-10-11-18-16-9-6-5-8-15(13)16/h1,5-6,8-9,13-14,17H,4,7,10-12H2,2H3. The summed E-state index contributed by atoms with van der Waals surface area (Å²) >= 11 is 0. The fraction of sp³-hybridized carbons (Fsp3) is 0.500. The van der Waals surface area contributed by atoms with Crippen LogP contribution in [0, 0.1) is 12.3 Å². The quantitative estimate of drug-likeness (QED) is 0.803. The summed E-state index contributed by atoms with van der Waals surface area (Å²) in [5.74, 6) is 4.32. The third kappa shape index (κ3) is 3.05. The normalized spacial score (nSPS) is 19.4. The van der Waals surface area contributed by atoms with Crippen molar-refractivity contribution in [1.82, 2.24) is 5.32 Å². The van der Waals surface area contributed by atoms with Crippen LogP contribution < -0.4 is 10.1 Å². The van der Waals surface area contributed by atoms with Gasteiger partial charge in [-0.25, -0.2) is 0 Å². The van der Waals surface area contributed by atoms with Crippen LogP contribution in [0.15, 0.2) is 24.3 Å². The number of rotatable bonds is 5. The number of hydrogen-bond donors (Lipinski definition) is 1. The van der Waals surface area contributed by atoms with Crippen molar-refractivity contribution < 1.29 is 4.74 Å². The van der Waals surface area contributed by atoms with E-state index in [1.807, 2.05) is 6.07 Å². The minimum atomic E-state index is 0.435. The molecule has 0 fully saturated rings. The minimum Gasteiger partial charge on any atom is -0.493 e. The molecule has 2 heteroatoms. The first-order valence-electron chi connectivity index (χ1n) is 6.73. The van der Waals surface area contributed by atoms with Gasteiger partial charge >= 0.3 is 0 Å². The summed E-state index contributed by atoms with van der Waals surface area (Å²) in [5, 5.41) is 3.58. The summed E-state index contributed by atoms with van der Waals surface area (Å²) in [7, 11) is 0. The maximum Gasteiger partial charge on any atom is 0.122 e.